The van der Waals surface area contributed by atoms with E-state index in [1.807, 2.05) is 24.3 Å². The van der Waals surface area contributed by atoms with Crippen LogP contribution in [-0.2, 0) is 11.2 Å². The maximum absolute atomic E-state index is 14.5. The van der Waals surface area contributed by atoms with E-state index in [0.29, 0.717) is 31.3 Å². The van der Waals surface area contributed by atoms with E-state index in [1.165, 1.54) is 18.2 Å². The highest BCUT2D eigenvalue weighted by Gasteiger charge is 2.35. The number of nitrogens with one attached hydrogen (secondary N) is 1. The molecule has 2 aromatic rings. The average molecular weight is 443 g/mol. The summed E-state index contributed by atoms with van der Waals surface area (Å²) >= 11 is 0. The number of amides is 1. The number of halogens is 1. The molecule has 172 valence electrons. The van der Waals surface area contributed by atoms with Crippen LogP contribution in [0.3, 0.4) is 0 Å². The molecule has 0 unspecified atom stereocenters. The molecule has 7 nitrogen and oxygen atoms in total. The van der Waals surface area contributed by atoms with Crippen molar-refractivity contribution >= 4 is 5.91 Å². The van der Waals surface area contributed by atoms with Gasteiger partial charge in [0, 0.05) is 26.2 Å². The van der Waals surface area contributed by atoms with Crippen molar-refractivity contribution in [2.45, 2.75) is 18.5 Å². The Labute approximate surface area is 188 Å². The van der Waals surface area contributed by atoms with Crippen LogP contribution >= 0.6 is 0 Å². The molecule has 4 rings (SSSR count). The number of piperazine rings is 1. The molecular weight excluding hydrogens is 411 g/mol. The molecule has 2 aromatic carbocycles. The predicted octanol–water partition coefficient (Wildman–Crippen LogP) is 1.86. The molecular formula is C24H31FN4O3. The van der Waals surface area contributed by atoms with E-state index in [2.05, 4.69) is 22.2 Å². The minimum absolute atomic E-state index is 0.0359. The number of carbonyl (C=O) groups is 1. The van der Waals surface area contributed by atoms with E-state index in [4.69, 9.17) is 15.2 Å². The second-order valence-electron chi connectivity index (χ2n) is 8.45. The van der Waals surface area contributed by atoms with Crippen LogP contribution in [-0.4, -0.2) is 80.8 Å². The fraction of sp³-hybridized carbons (Fsp3) is 0.458. The second kappa shape index (κ2) is 10.4. The van der Waals surface area contributed by atoms with Gasteiger partial charge in [0.25, 0.3) is 5.91 Å². The number of carbonyl (C=O) groups excluding carboxylic acids is 1. The first kappa shape index (κ1) is 22.7. The first-order valence-corrected chi connectivity index (χ1v) is 11.1. The van der Waals surface area contributed by atoms with Crippen LogP contribution in [0.15, 0.2) is 42.5 Å². The zero-order chi connectivity index (χ0) is 22.5. The Morgan fingerprint density at radius 2 is 1.84 bits per heavy atom. The Hall–Kier alpha value is -2.52. The van der Waals surface area contributed by atoms with Gasteiger partial charge in [0.15, 0.2) is 0 Å². The summed E-state index contributed by atoms with van der Waals surface area (Å²) < 4.78 is 26.0. The summed E-state index contributed by atoms with van der Waals surface area (Å²) in [6, 6.07) is 11.7. The zero-order valence-corrected chi connectivity index (χ0v) is 18.4. The maximum atomic E-state index is 14.5. The SMILES string of the molecule is CN1CCN([C@H]2COC[C@@H]2NC(=O)c2cc(Oc3ccc(CCN)cc3)ccc2F)CC1. The van der Waals surface area contributed by atoms with Crippen molar-refractivity contribution in [1.82, 2.24) is 15.1 Å². The highest BCUT2D eigenvalue weighted by molar-refractivity contribution is 5.95. The molecule has 0 saturated carbocycles. The highest BCUT2D eigenvalue weighted by atomic mass is 19.1. The van der Waals surface area contributed by atoms with Gasteiger partial charge in [-0.05, 0) is 55.9 Å². The number of likely N-dealkylation sites (N-methyl/N-ethyl adjacent to an activating group) is 1. The molecule has 3 N–H and O–H groups in total. The first-order chi connectivity index (χ1) is 15.5. The predicted molar refractivity (Wildman–Crippen MR) is 121 cm³/mol. The Kier molecular flexibility index (Phi) is 7.36. The molecule has 32 heavy (non-hydrogen) atoms. The van der Waals surface area contributed by atoms with Crippen molar-refractivity contribution in [2.24, 2.45) is 5.73 Å². The molecule has 2 aliphatic rings. The summed E-state index contributed by atoms with van der Waals surface area (Å²) in [6.07, 6.45) is 0.793. The normalized spacial score (nSPS) is 22.1. The van der Waals surface area contributed by atoms with Crippen molar-refractivity contribution in [3.05, 3.63) is 59.4 Å². The lowest BCUT2D eigenvalue weighted by molar-refractivity contribution is 0.0826. The number of hydrogen-bond acceptors (Lipinski definition) is 6. The summed E-state index contributed by atoms with van der Waals surface area (Å²) in [5.41, 5.74) is 6.66. The lowest BCUT2D eigenvalue weighted by atomic mass is 10.1. The van der Waals surface area contributed by atoms with Crippen LogP contribution in [0.4, 0.5) is 4.39 Å². The zero-order valence-electron chi connectivity index (χ0n) is 18.4. The Balaban J connectivity index is 1.42. The summed E-state index contributed by atoms with van der Waals surface area (Å²) in [7, 11) is 2.11. The molecule has 2 saturated heterocycles. The van der Waals surface area contributed by atoms with Gasteiger partial charge >= 0.3 is 0 Å². The Morgan fingerprint density at radius 3 is 2.56 bits per heavy atom. The molecule has 0 spiro atoms. The summed E-state index contributed by atoms with van der Waals surface area (Å²) in [5, 5.41) is 2.98. The monoisotopic (exact) mass is 442 g/mol. The fourth-order valence-corrected chi connectivity index (χ4v) is 4.21. The topological polar surface area (TPSA) is 80.1 Å². The fourth-order valence-electron chi connectivity index (χ4n) is 4.21. The van der Waals surface area contributed by atoms with Crippen LogP contribution in [0.2, 0.25) is 0 Å². The number of ether oxygens (including phenoxy) is 2. The number of hydrogen-bond donors (Lipinski definition) is 2. The van der Waals surface area contributed by atoms with Crippen LogP contribution in [0.1, 0.15) is 15.9 Å². The number of nitrogens with zero attached hydrogens (tertiary/aromatic N) is 2. The summed E-state index contributed by atoms with van der Waals surface area (Å²) in [5.74, 6) is -0.0199. The average Bonchev–Trinajstić information content (AvgIpc) is 3.25. The minimum atomic E-state index is -0.580. The third-order valence-corrected chi connectivity index (χ3v) is 6.15. The van der Waals surface area contributed by atoms with Crippen molar-refractivity contribution in [3.63, 3.8) is 0 Å². The van der Waals surface area contributed by atoms with E-state index in [0.717, 1.165) is 38.2 Å². The largest absolute Gasteiger partial charge is 0.457 e. The Morgan fingerprint density at radius 1 is 1.12 bits per heavy atom. The summed E-state index contributed by atoms with van der Waals surface area (Å²) in [6.45, 7) is 5.41. The lowest BCUT2D eigenvalue weighted by Gasteiger charge is -2.38. The highest BCUT2D eigenvalue weighted by Crippen LogP contribution is 2.25. The van der Waals surface area contributed by atoms with Crippen LogP contribution in [0.25, 0.3) is 0 Å². The molecule has 0 bridgehead atoms. The van der Waals surface area contributed by atoms with Gasteiger partial charge in [0.05, 0.1) is 30.9 Å². The van der Waals surface area contributed by atoms with E-state index in [9.17, 15) is 9.18 Å². The molecule has 1 amide bonds. The van der Waals surface area contributed by atoms with Gasteiger partial charge < -0.3 is 25.4 Å². The van der Waals surface area contributed by atoms with Crippen molar-refractivity contribution in [2.75, 3.05) is 53.0 Å². The van der Waals surface area contributed by atoms with E-state index < -0.39 is 11.7 Å². The smallest absolute Gasteiger partial charge is 0.254 e. The van der Waals surface area contributed by atoms with Crippen LogP contribution < -0.4 is 15.8 Å². The number of benzene rings is 2. The molecule has 0 aliphatic carbocycles. The first-order valence-electron chi connectivity index (χ1n) is 11.1. The third kappa shape index (κ3) is 5.45. The minimum Gasteiger partial charge on any atom is -0.457 e. The van der Waals surface area contributed by atoms with Crippen LogP contribution in [0.5, 0.6) is 11.5 Å². The van der Waals surface area contributed by atoms with E-state index in [-0.39, 0.29) is 17.6 Å². The van der Waals surface area contributed by atoms with Gasteiger partial charge in [0.1, 0.15) is 17.3 Å². The number of rotatable bonds is 7. The van der Waals surface area contributed by atoms with Crippen molar-refractivity contribution in [3.8, 4) is 11.5 Å². The quantitative estimate of drug-likeness (QED) is 0.682. The van der Waals surface area contributed by atoms with Gasteiger partial charge in [0.2, 0.25) is 0 Å². The molecule has 2 atom stereocenters. The van der Waals surface area contributed by atoms with E-state index >= 15 is 0 Å². The molecule has 2 heterocycles. The summed E-state index contributed by atoms with van der Waals surface area (Å²) in [4.78, 5) is 17.6. The Bertz CT molecular complexity index is 916. The molecule has 8 heteroatoms. The van der Waals surface area contributed by atoms with E-state index in [1.54, 1.807) is 0 Å². The molecule has 0 aromatic heterocycles. The van der Waals surface area contributed by atoms with Gasteiger partial charge in [-0.25, -0.2) is 4.39 Å². The maximum Gasteiger partial charge on any atom is 0.254 e. The second-order valence-corrected chi connectivity index (χ2v) is 8.45. The standard InChI is InChI=1S/C24H31FN4O3/c1-28-10-12-29(13-11-28)23-16-31-15-22(23)27-24(30)20-14-19(6-7-21(20)25)32-18-4-2-17(3-5-18)8-9-26/h2-7,14,22-23H,8-13,15-16,26H2,1H3,(H,27,30)/t22-,23-/m0/s1. The lowest BCUT2D eigenvalue weighted by Crippen LogP contribution is -2.56. The van der Waals surface area contributed by atoms with Crippen LogP contribution in [0, 0.1) is 5.82 Å². The molecule has 0 radical (unpaired) electrons. The van der Waals surface area contributed by atoms with Crippen molar-refractivity contribution in [1.29, 1.82) is 0 Å². The van der Waals surface area contributed by atoms with Gasteiger partial charge in [-0.1, -0.05) is 12.1 Å². The number of nitrogens with two attached hydrogens (primary N) is 1. The van der Waals surface area contributed by atoms with Gasteiger partial charge in [-0.15, -0.1) is 0 Å². The van der Waals surface area contributed by atoms with Crippen molar-refractivity contribution < 1.29 is 18.7 Å². The van der Waals surface area contributed by atoms with Gasteiger partial charge in [-0.2, -0.15) is 0 Å². The molecule has 2 fully saturated rings. The van der Waals surface area contributed by atoms with Gasteiger partial charge in [-0.3, -0.25) is 9.69 Å². The third-order valence-electron chi connectivity index (χ3n) is 6.15. The molecule has 2 aliphatic heterocycles.